The zero-order chi connectivity index (χ0) is 18.7. The number of nitrogens with zero attached hydrogens (tertiary/aromatic N) is 4. The summed E-state index contributed by atoms with van der Waals surface area (Å²) in [7, 11) is 1.78. The molecule has 2 aromatic rings. The highest BCUT2D eigenvalue weighted by molar-refractivity contribution is 7.09. The summed E-state index contributed by atoms with van der Waals surface area (Å²) in [6.07, 6.45) is 3.99. The minimum absolute atomic E-state index is 0.0440. The van der Waals surface area contributed by atoms with Crippen LogP contribution in [0.1, 0.15) is 42.6 Å². The number of aromatic nitrogens is 2. The van der Waals surface area contributed by atoms with Crippen LogP contribution < -0.4 is 0 Å². The number of pyridine rings is 1. The van der Waals surface area contributed by atoms with Gasteiger partial charge in [-0.25, -0.2) is 9.78 Å². The highest BCUT2D eigenvalue weighted by Gasteiger charge is 2.25. The normalized spacial score (nSPS) is 14.2. The van der Waals surface area contributed by atoms with Crippen LogP contribution in [-0.4, -0.2) is 38.5 Å². The number of aromatic hydroxyl groups is 1. The molecule has 1 saturated carbocycles. The fourth-order valence-corrected chi connectivity index (χ4v) is 3.96. The zero-order valence-electron chi connectivity index (χ0n) is 14.7. The van der Waals surface area contributed by atoms with Crippen molar-refractivity contribution < 1.29 is 14.6 Å². The highest BCUT2D eigenvalue weighted by atomic mass is 32.1. The Labute approximate surface area is 156 Å². The van der Waals surface area contributed by atoms with Crippen molar-refractivity contribution in [1.82, 2.24) is 14.3 Å². The van der Waals surface area contributed by atoms with Gasteiger partial charge in [-0.15, -0.1) is 0 Å². The van der Waals surface area contributed by atoms with Gasteiger partial charge < -0.3 is 14.7 Å². The molecular formula is C18H20N4O3S. The molecule has 0 spiro atoms. The van der Waals surface area contributed by atoms with Crippen LogP contribution in [0.2, 0.25) is 0 Å². The molecule has 136 valence electrons. The van der Waals surface area contributed by atoms with E-state index in [9.17, 15) is 9.90 Å². The number of nitriles is 1. The number of hydrogen-bond donors (Lipinski definition) is 1. The van der Waals surface area contributed by atoms with E-state index in [1.807, 2.05) is 13.0 Å². The average Bonchev–Trinajstić information content (AvgIpc) is 3.29. The third kappa shape index (κ3) is 3.63. The first-order valence-corrected chi connectivity index (χ1v) is 9.23. The summed E-state index contributed by atoms with van der Waals surface area (Å²) in [6.45, 7) is 1.94. The third-order valence-electron chi connectivity index (χ3n) is 4.70. The van der Waals surface area contributed by atoms with Crippen LogP contribution in [0, 0.1) is 18.3 Å². The molecule has 0 aliphatic heterocycles. The Hall–Kier alpha value is -2.66. The molecular weight excluding hydrogens is 352 g/mol. The number of amides is 1. The molecule has 0 bridgehead atoms. The van der Waals surface area contributed by atoms with Gasteiger partial charge in [0.2, 0.25) is 0 Å². The molecule has 3 rings (SSSR count). The van der Waals surface area contributed by atoms with Crippen molar-refractivity contribution in [2.45, 2.75) is 45.3 Å². The summed E-state index contributed by atoms with van der Waals surface area (Å²) in [5.41, 5.74) is 2.01. The van der Waals surface area contributed by atoms with Crippen LogP contribution in [0.3, 0.4) is 0 Å². The van der Waals surface area contributed by atoms with Crippen molar-refractivity contribution in [3.63, 3.8) is 0 Å². The highest BCUT2D eigenvalue weighted by Crippen LogP contribution is 2.31. The Kier molecular flexibility index (Phi) is 5.38. The second-order valence-electron chi connectivity index (χ2n) is 6.36. The van der Waals surface area contributed by atoms with E-state index in [0.29, 0.717) is 5.69 Å². The van der Waals surface area contributed by atoms with Crippen LogP contribution in [0.25, 0.3) is 10.6 Å². The molecule has 0 atom stereocenters. The van der Waals surface area contributed by atoms with Gasteiger partial charge in [-0.3, -0.25) is 0 Å². The molecule has 7 nitrogen and oxygen atoms in total. The van der Waals surface area contributed by atoms with Gasteiger partial charge in [-0.05, 0) is 43.4 Å². The van der Waals surface area contributed by atoms with Crippen LogP contribution in [0.5, 0.6) is 5.75 Å². The summed E-state index contributed by atoms with van der Waals surface area (Å²) in [5.74, 6) is -0.163. The van der Waals surface area contributed by atoms with Gasteiger partial charge in [-0.2, -0.15) is 9.64 Å². The molecule has 2 aromatic heterocycles. The quantitative estimate of drug-likeness (QED) is 0.880. The number of rotatable bonds is 4. The number of carbonyl (C=O) groups is 1. The largest absolute Gasteiger partial charge is 0.505 e. The molecule has 0 radical (unpaired) electrons. The lowest BCUT2D eigenvalue weighted by Crippen LogP contribution is -2.35. The van der Waals surface area contributed by atoms with Crippen molar-refractivity contribution in [2.75, 3.05) is 7.05 Å². The predicted molar refractivity (Wildman–Crippen MR) is 96.7 cm³/mol. The summed E-state index contributed by atoms with van der Waals surface area (Å²) in [4.78, 5) is 18.9. The smallest absolute Gasteiger partial charge is 0.410 e. The SMILES string of the molecule is Cc1nsc(-c2ccc(O)c(C#N)n2)c1COC(=O)N(C)C1CCCC1. The number of aryl methyl sites for hydroxylation is 1. The Morgan fingerprint density at radius 1 is 1.46 bits per heavy atom. The number of carbonyl (C=O) groups excluding carboxylic acids is 1. The van der Waals surface area contributed by atoms with Crippen molar-refractivity contribution in [2.24, 2.45) is 0 Å². The molecule has 26 heavy (non-hydrogen) atoms. The Balaban J connectivity index is 1.76. The van der Waals surface area contributed by atoms with Gasteiger partial charge in [0.15, 0.2) is 11.4 Å². The monoisotopic (exact) mass is 372 g/mol. The van der Waals surface area contributed by atoms with Gasteiger partial charge in [0.1, 0.15) is 12.7 Å². The lowest BCUT2D eigenvalue weighted by molar-refractivity contribution is 0.0918. The molecule has 1 amide bonds. The second kappa shape index (κ2) is 7.70. The lowest BCUT2D eigenvalue weighted by atomic mass is 10.1. The predicted octanol–water partition coefficient (Wildman–Crippen LogP) is 3.60. The van der Waals surface area contributed by atoms with E-state index in [2.05, 4.69) is 9.36 Å². The van der Waals surface area contributed by atoms with E-state index < -0.39 is 0 Å². The van der Waals surface area contributed by atoms with Gasteiger partial charge >= 0.3 is 6.09 Å². The summed E-state index contributed by atoms with van der Waals surface area (Å²) in [6, 6.07) is 5.16. The van der Waals surface area contributed by atoms with Crippen LogP contribution in [0.4, 0.5) is 4.79 Å². The van der Waals surface area contributed by atoms with Crippen molar-refractivity contribution in [1.29, 1.82) is 5.26 Å². The molecule has 8 heteroatoms. The molecule has 1 fully saturated rings. The van der Waals surface area contributed by atoms with Gasteiger partial charge in [0.05, 0.1) is 16.3 Å². The first kappa shape index (κ1) is 18.1. The third-order valence-corrected chi connectivity index (χ3v) is 5.70. The van der Waals surface area contributed by atoms with E-state index >= 15 is 0 Å². The van der Waals surface area contributed by atoms with Gasteiger partial charge in [0.25, 0.3) is 0 Å². The molecule has 1 aliphatic rings. The van der Waals surface area contributed by atoms with E-state index in [-0.39, 0.29) is 30.2 Å². The minimum Gasteiger partial charge on any atom is -0.505 e. The van der Waals surface area contributed by atoms with Gasteiger partial charge in [0, 0.05) is 18.7 Å². The summed E-state index contributed by atoms with van der Waals surface area (Å²) >= 11 is 1.23. The zero-order valence-corrected chi connectivity index (χ0v) is 15.5. The van der Waals surface area contributed by atoms with Crippen LogP contribution >= 0.6 is 11.5 Å². The first-order chi connectivity index (χ1) is 12.5. The van der Waals surface area contributed by atoms with Crippen molar-refractivity contribution in [3.05, 3.63) is 29.1 Å². The molecule has 0 unspecified atom stereocenters. The molecule has 1 aliphatic carbocycles. The first-order valence-electron chi connectivity index (χ1n) is 8.46. The maximum atomic E-state index is 12.3. The van der Waals surface area contributed by atoms with Crippen LogP contribution in [-0.2, 0) is 11.3 Å². The summed E-state index contributed by atoms with van der Waals surface area (Å²) < 4.78 is 9.82. The molecule has 0 saturated heterocycles. The Morgan fingerprint density at radius 2 is 2.19 bits per heavy atom. The van der Waals surface area contributed by atoms with Gasteiger partial charge in [-0.1, -0.05) is 12.8 Å². The maximum Gasteiger partial charge on any atom is 0.410 e. The molecule has 1 N–H and O–H groups in total. The maximum absolute atomic E-state index is 12.3. The average molecular weight is 372 g/mol. The Morgan fingerprint density at radius 3 is 2.88 bits per heavy atom. The van der Waals surface area contributed by atoms with Crippen molar-refractivity contribution >= 4 is 17.6 Å². The summed E-state index contributed by atoms with van der Waals surface area (Å²) in [5, 5.41) is 18.7. The minimum atomic E-state index is -0.343. The van der Waals surface area contributed by atoms with E-state index in [1.165, 1.54) is 17.6 Å². The Bertz CT molecular complexity index is 853. The van der Waals surface area contributed by atoms with E-state index in [1.54, 1.807) is 18.0 Å². The fourth-order valence-electron chi connectivity index (χ4n) is 3.10. The van der Waals surface area contributed by atoms with E-state index in [0.717, 1.165) is 41.8 Å². The number of hydrogen-bond acceptors (Lipinski definition) is 7. The lowest BCUT2D eigenvalue weighted by Gasteiger charge is -2.23. The number of ether oxygens (including phenoxy) is 1. The van der Waals surface area contributed by atoms with E-state index in [4.69, 9.17) is 10.00 Å². The topological polar surface area (TPSA) is 99.3 Å². The van der Waals surface area contributed by atoms with Crippen LogP contribution in [0.15, 0.2) is 12.1 Å². The fraction of sp³-hybridized carbons (Fsp3) is 0.444. The van der Waals surface area contributed by atoms with Crippen molar-refractivity contribution in [3.8, 4) is 22.4 Å². The molecule has 0 aromatic carbocycles. The standard InChI is InChI=1S/C18H20N4O3S/c1-11-13(10-25-18(24)22(2)12-5-3-4-6-12)17(26-21-11)14-7-8-16(23)15(9-19)20-14/h7-8,12,23H,3-6,10H2,1-2H3. The molecule has 2 heterocycles. The second-order valence-corrected chi connectivity index (χ2v) is 7.13.